The molecule has 6 heteroatoms. The van der Waals surface area contributed by atoms with Gasteiger partial charge in [-0.15, -0.1) is 0 Å². The minimum atomic E-state index is 0.263. The molecule has 6 nitrogen and oxygen atoms in total. The predicted octanol–water partition coefficient (Wildman–Crippen LogP) is 1.12. The first kappa shape index (κ1) is 11.9. The molecular weight excluding hydrogens is 216 g/mol. The van der Waals surface area contributed by atoms with Gasteiger partial charge in [0.05, 0.1) is 0 Å². The fourth-order valence-corrected chi connectivity index (χ4v) is 1.93. The largest absolute Gasteiger partial charge is 0.368 e. The van der Waals surface area contributed by atoms with Gasteiger partial charge in [0.15, 0.2) is 0 Å². The average molecular weight is 236 g/mol. The molecule has 2 atom stereocenters. The second-order valence-electron chi connectivity index (χ2n) is 4.75. The zero-order chi connectivity index (χ0) is 12.4. The lowest BCUT2D eigenvalue weighted by Crippen LogP contribution is -2.17. The van der Waals surface area contributed by atoms with E-state index in [4.69, 9.17) is 5.73 Å². The molecule has 1 heterocycles. The van der Waals surface area contributed by atoms with Gasteiger partial charge in [-0.05, 0) is 18.8 Å². The van der Waals surface area contributed by atoms with Crippen molar-refractivity contribution in [3.05, 3.63) is 0 Å². The van der Waals surface area contributed by atoms with Gasteiger partial charge in [0.2, 0.25) is 17.8 Å². The van der Waals surface area contributed by atoms with E-state index in [9.17, 15) is 0 Å². The number of nitrogens with zero attached hydrogens (tertiary/aromatic N) is 4. The molecule has 0 radical (unpaired) electrons. The molecule has 1 fully saturated rings. The summed E-state index contributed by atoms with van der Waals surface area (Å²) in [5.41, 5.74) is 5.66. The Morgan fingerprint density at radius 2 is 2.12 bits per heavy atom. The van der Waals surface area contributed by atoms with Crippen LogP contribution in [0.15, 0.2) is 0 Å². The zero-order valence-corrected chi connectivity index (χ0v) is 10.6. The van der Waals surface area contributed by atoms with Crippen LogP contribution in [0.3, 0.4) is 0 Å². The van der Waals surface area contributed by atoms with Crippen molar-refractivity contribution in [2.24, 2.45) is 5.92 Å². The van der Waals surface area contributed by atoms with Crippen molar-refractivity contribution >= 4 is 17.8 Å². The third-order valence-corrected chi connectivity index (χ3v) is 2.94. The number of aromatic nitrogens is 3. The minimum Gasteiger partial charge on any atom is -0.368 e. The lowest BCUT2D eigenvalue weighted by molar-refractivity contribution is 0.691. The third kappa shape index (κ3) is 2.95. The van der Waals surface area contributed by atoms with Crippen molar-refractivity contribution in [2.45, 2.75) is 32.2 Å². The van der Waals surface area contributed by atoms with Crippen LogP contribution >= 0.6 is 0 Å². The van der Waals surface area contributed by atoms with Crippen molar-refractivity contribution in [1.82, 2.24) is 15.0 Å². The maximum Gasteiger partial charge on any atom is 0.231 e. The molecule has 3 N–H and O–H groups in total. The van der Waals surface area contributed by atoms with Crippen LogP contribution in [0.2, 0.25) is 0 Å². The van der Waals surface area contributed by atoms with Gasteiger partial charge in [-0.2, -0.15) is 15.0 Å². The van der Waals surface area contributed by atoms with E-state index in [0.717, 1.165) is 5.92 Å². The van der Waals surface area contributed by atoms with Gasteiger partial charge >= 0.3 is 0 Å². The van der Waals surface area contributed by atoms with Crippen molar-refractivity contribution < 1.29 is 0 Å². The Morgan fingerprint density at radius 3 is 2.76 bits per heavy atom. The summed E-state index contributed by atoms with van der Waals surface area (Å²) in [6.45, 7) is 2.21. The lowest BCUT2D eigenvalue weighted by Gasteiger charge is -2.12. The molecule has 1 saturated carbocycles. The van der Waals surface area contributed by atoms with Gasteiger partial charge < -0.3 is 16.0 Å². The summed E-state index contributed by atoms with van der Waals surface area (Å²) in [5.74, 6) is 2.21. The smallest absolute Gasteiger partial charge is 0.231 e. The van der Waals surface area contributed by atoms with E-state index in [1.807, 2.05) is 19.0 Å². The first-order valence-corrected chi connectivity index (χ1v) is 6.05. The molecule has 94 valence electrons. The molecule has 0 saturated heterocycles. The van der Waals surface area contributed by atoms with Crippen molar-refractivity contribution in [3.63, 3.8) is 0 Å². The molecule has 2 rings (SSSR count). The first-order chi connectivity index (χ1) is 8.10. The van der Waals surface area contributed by atoms with E-state index >= 15 is 0 Å². The number of hydrogen-bond acceptors (Lipinski definition) is 6. The van der Waals surface area contributed by atoms with E-state index in [-0.39, 0.29) is 5.95 Å². The number of anilines is 3. The Labute approximate surface area is 102 Å². The Morgan fingerprint density at radius 1 is 1.35 bits per heavy atom. The molecule has 0 amide bonds. The van der Waals surface area contributed by atoms with E-state index in [2.05, 4.69) is 27.2 Å². The topological polar surface area (TPSA) is 80.0 Å². The number of nitrogen functional groups attached to an aromatic ring is 1. The van der Waals surface area contributed by atoms with E-state index in [0.29, 0.717) is 17.9 Å². The summed E-state index contributed by atoms with van der Waals surface area (Å²) in [5, 5.41) is 3.32. The van der Waals surface area contributed by atoms with Crippen LogP contribution < -0.4 is 16.0 Å². The molecule has 1 aliphatic rings. The highest BCUT2D eigenvalue weighted by Crippen LogP contribution is 2.36. The minimum absolute atomic E-state index is 0.263. The summed E-state index contributed by atoms with van der Waals surface area (Å²) in [6.07, 6.45) is 3.70. The number of nitrogens with two attached hydrogens (primary N) is 1. The fourth-order valence-electron chi connectivity index (χ4n) is 1.93. The zero-order valence-electron chi connectivity index (χ0n) is 10.6. The van der Waals surface area contributed by atoms with Gasteiger partial charge in [0.1, 0.15) is 0 Å². The van der Waals surface area contributed by atoms with Crippen LogP contribution in [-0.2, 0) is 0 Å². The highest BCUT2D eigenvalue weighted by molar-refractivity contribution is 5.42. The Kier molecular flexibility index (Phi) is 3.31. The van der Waals surface area contributed by atoms with Crippen molar-refractivity contribution in [1.29, 1.82) is 0 Å². The monoisotopic (exact) mass is 236 g/mol. The van der Waals surface area contributed by atoms with Gasteiger partial charge in [0, 0.05) is 20.1 Å². The van der Waals surface area contributed by atoms with Crippen LogP contribution in [0.1, 0.15) is 26.2 Å². The van der Waals surface area contributed by atoms with Crippen LogP contribution in [0, 0.1) is 5.92 Å². The van der Waals surface area contributed by atoms with Gasteiger partial charge in [-0.25, -0.2) is 0 Å². The lowest BCUT2D eigenvalue weighted by atomic mass is 10.2. The molecule has 17 heavy (non-hydrogen) atoms. The predicted molar refractivity (Wildman–Crippen MR) is 69.0 cm³/mol. The molecule has 0 bridgehead atoms. The summed E-state index contributed by atoms with van der Waals surface area (Å²) in [6, 6.07) is 0.506. The highest BCUT2D eigenvalue weighted by Gasteiger charge is 2.36. The van der Waals surface area contributed by atoms with Crippen molar-refractivity contribution in [3.8, 4) is 0 Å². The van der Waals surface area contributed by atoms with Crippen LogP contribution in [-0.4, -0.2) is 35.1 Å². The summed E-state index contributed by atoms with van der Waals surface area (Å²) in [4.78, 5) is 14.3. The normalized spacial score (nSPS) is 22.3. The number of hydrogen-bond donors (Lipinski definition) is 2. The summed E-state index contributed by atoms with van der Waals surface area (Å²) in [7, 11) is 3.77. The highest BCUT2D eigenvalue weighted by atomic mass is 15.3. The SMILES string of the molecule is CCCC1CC1Nc1nc(N)nc(N(C)C)n1. The molecule has 0 spiro atoms. The molecule has 0 aromatic carbocycles. The number of rotatable bonds is 5. The fraction of sp³-hybridized carbons (Fsp3) is 0.727. The van der Waals surface area contributed by atoms with Gasteiger partial charge in [-0.3, -0.25) is 0 Å². The summed E-state index contributed by atoms with van der Waals surface area (Å²) >= 11 is 0. The molecule has 1 aliphatic carbocycles. The first-order valence-electron chi connectivity index (χ1n) is 6.05. The van der Waals surface area contributed by atoms with Crippen molar-refractivity contribution in [2.75, 3.05) is 30.0 Å². The molecular formula is C11H20N6. The van der Waals surface area contributed by atoms with Gasteiger partial charge in [-0.1, -0.05) is 13.3 Å². The number of nitrogens with one attached hydrogen (secondary N) is 1. The van der Waals surface area contributed by atoms with E-state index < -0.39 is 0 Å². The van der Waals surface area contributed by atoms with E-state index in [1.54, 1.807) is 0 Å². The molecule has 2 unspecified atom stereocenters. The Balaban J connectivity index is 2.01. The second kappa shape index (κ2) is 4.73. The molecule has 1 aromatic rings. The van der Waals surface area contributed by atoms with Gasteiger partial charge in [0.25, 0.3) is 0 Å². The van der Waals surface area contributed by atoms with Crippen LogP contribution in [0.25, 0.3) is 0 Å². The quantitative estimate of drug-likeness (QED) is 0.797. The molecule has 0 aliphatic heterocycles. The maximum absolute atomic E-state index is 5.66. The Hall–Kier alpha value is -1.59. The Bertz CT molecular complexity index is 392. The third-order valence-electron chi connectivity index (χ3n) is 2.94. The standard InChI is InChI=1S/C11H20N6/c1-4-5-7-6-8(7)13-10-14-9(12)15-11(16-10)17(2)3/h7-8H,4-6H2,1-3H3,(H3,12,13,14,15,16). The van der Waals surface area contributed by atoms with Crippen LogP contribution in [0.4, 0.5) is 17.8 Å². The molecule has 1 aromatic heterocycles. The van der Waals surface area contributed by atoms with E-state index in [1.165, 1.54) is 19.3 Å². The second-order valence-corrected chi connectivity index (χ2v) is 4.75. The summed E-state index contributed by atoms with van der Waals surface area (Å²) < 4.78 is 0. The maximum atomic E-state index is 5.66. The average Bonchev–Trinajstić information content (AvgIpc) is 2.96. The van der Waals surface area contributed by atoms with Crippen LogP contribution in [0.5, 0.6) is 0 Å².